The Labute approximate surface area is 337 Å². The Bertz CT molecular complexity index is 859. The van der Waals surface area contributed by atoms with E-state index in [-0.39, 0.29) is 44.1 Å². The fraction of sp³-hybridized carbons (Fsp3) is 0.891. The van der Waals surface area contributed by atoms with Crippen molar-refractivity contribution in [2.24, 2.45) is 5.92 Å². The normalized spacial score (nSPS) is 12.1. The Hall–Kier alpha value is -1.97. The van der Waals surface area contributed by atoms with Crippen molar-refractivity contribution in [3.63, 3.8) is 0 Å². The summed E-state index contributed by atoms with van der Waals surface area (Å²) in [5.74, 6) is -1.20. The highest BCUT2D eigenvalue weighted by molar-refractivity contribution is 5.70. The molecule has 1 unspecified atom stereocenters. The lowest BCUT2D eigenvalue weighted by Gasteiger charge is -2.19. The summed E-state index contributed by atoms with van der Waals surface area (Å²) in [4.78, 5) is 36.7. The summed E-state index contributed by atoms with van der Waals surface area (Å²) in [6.07, 6.45) is 34.7. The summed E-state index contributed by atoms with van der Waals surface area (Å²) >= 11 is 0. The molecule has 0 aliphatic carbocycles. The molecule has 0 fully saturated rings. The van der Waals surface area contributed by atoms with Gasteiger partial charge in [0.1, 0.15) is 6.61 Å². The van der Waals surface area contributed by atoms with Gasteiger partial charge in [-0.2, -0.15) is 0 Å². The molecule has 0 spiro atoms. The molecule has 0 aromatic carbocycles. The van der Waals surface area contributed by atoms with Crippen LogP contribution in [0.3, 0.4) is 0 Å². The van der Waals surface area contributed by atoms with E-state index in [2.05, 4.69) is 26.8 Å². The van der Waals surface area contributed by atoms with Crippen molar-refractivity contribution >= 4 is 17.9 Å². The lowest BCUT2D eigenvalue weighted by atomic mass is 10.1. The fourth-order valence-corrected chi connectivity index (χ4v) is 6.23. The number of carbonyl (C=O) groups excluding carboxylic acids is 3. The van der Waals surface area contributed by atoms with Gasteiger partial charge in [-0.05, 0) is 38.5 Å². The number of hydrogen-bond acceptors (Lipinski definition) is 9. The van der Waals surface area contributed by atoms with Crippen LogP contribution >= 0.6 is 0 Å². The Morgan fingerprint density at radius 1 is 0.473 bits per heavy atom. The van der Waals surface area contributed by atoms with Gasteiger partial charge < -0.3 is 28.8 Å². The second-order valence-electron chi connectivity index (χ2n) is 15.3. The van der Waals surface area contributed by atoms with Gasteiger partial charge in [0.2, 0.25) is 0 Å². The second-order valence-corrected chi connectivity index (χ2v) is 15.3. The number of aliphatic hydroxyl groups excluding tert-OH is 1. The van der Waals surface area contributed by atoms with Gasteiger partial charge >= 0.3 is 17.9 Å². The summed E-state index contributed by atoms with van der Waals surface area (Å²) in [5, 5.41) is 9.76. The molecule has 324 valence electrons. The summed E-state index contributed by atoms with van der Waals surface area (Å²) < 4.78 is 28.1. The molecule has 0 rings (SSSR count). The van der Waals surface area contributed by atoms with Crippen LogP contribution in [0.4, 0.5) is 0 Å². The Kier molecular flexibility index (Phi) is 41.6. The van der Waals surface area contributed by atoms with Crippen molar-refractivity contribution in [2.45, 2.75) is 220 Å². The minimum atomic E-state index is -0.450. The molecule has 0 aromatic rings. The van der Waals surface area contributed by atoms with Crippen molar-refractivity contribution in [3.8, 4) is 0 Å². The quantitative estimate of drug-likeness (QED) is 0.0212. The Morgan fingerprint density at radius 2 is 0.873 bits per heavy atom. The highest BCUT2D eigenvalue weighted by Gasteiger charge is 2.17. The van der Waals surface area contributed by atoms with Crippen molar-refractivity contribution in [1.29, 1.82) is 0 Å². The van der Waals surface area contributed by atoms with Crippen LogP contribution in [0.15, 0.2) is 12.2 Å². The van der Waals surface area contributed by atoms with Gasteiger partial charge in [-0.3, -0.25) is 14.4 Å². The number of ether oxygens (including phenoxy) is 5. The second kappa shape index (κ2) is 43.2. The van der Waals surface area contributed by atoms with Crippen LogP contribution in [0.1, 0.15) is 213 Å². The van der Waals surface area contributed by atoms with Crippen molar-refractivity contribution < 1.29 is 43.2 Å². The van der Waals surface area contributed by atoms with Gasteiger partial charge in [-0.15, -0.1) is 0 Å². The Balaban J connectivity index is 3.98. The van der Waals surface area contributed by atoms with Crippen molar-refractivity contribution in [3.05, 3.63) is 12.2 Å². The lowest BCUT2D eigenvalue weighted by molar-refractivity contribution is -0.161. The first-order chi connectivity index (χ1) is 27.0. The van der Waals surface area contributed by atoms with Gasteiger partial charge in [0, 0.05) is 32.5 Å². The standard InChI is InChI=1S/C46H86O9/c1-4-7-10-13-21-26-29-36-51-43(48)32-27-22-19-17-16-18-20-23-28-33-44(49)54-40-42(39-47)41-55-45(50)34-35-46(52-37-30-24-14-11-8-5-2)53-38-31-25-15-12-9-6-3/h26,29,42,46-47H,4-25,27-28,30-41H2,1-3H3. The summed E-state index contributed by atoms with van der Waals surface area (Å²) in [7, 11) is 0. The van der Waals surface area contributed by atoms with Gasteiger partial charge in [0.05, 0.1) is 32.2 Å². The molecule has 9 heteroatoms. The minimum absolute atomic E-state index is 0.00546. The van der Waals surface area contributed by atoms with Crippen LogP contribution in [0, 0.1) is 5.92 Å². The zero-order valence-corrected chi connectivity index (χ0v) is 36.0. The predicted octanol–water partition coefficient (Wildman–Crippen LogP) is 11.9. The average Bonchev–Trinajstić information content (AvgIpc) is 3.18. The fourth-order valence-electron chi connectivity index (χ4n) is 6.23. The molecule has 0 saturated carbocycles. The molecule has 0 radical (unpaired) electrons. The van der Waals surface area contributed by atoms with Gasteiger partial charge in [-0.25, -0.2) is 0 Å². The molecular weight excluding hydrogens is 696 g/mol. The summed E-state index contributed by atoms with van der Waals surface area (Å²) in [6, 6.07) is 0. The number of carbonyl (C=O) groups is 3. The molecule has 0 aromatic heterocycles. The smallest absolute Gasteiger partial charge is 0.306 e. The van der Waals surface area contributed by atoms with Crippen LogP contribution in [0.5, 0.6) is 0 Å². The average molecular weight is 783 g/mol. The third-order valence-corrected chi connectivity index (χ3v) is 9.90. The topological polar surface area (TPSA) is 118 Å². The van der Waals surface area contributed by atoms with E-state index in [1.807, 2.05) is 6.08 Å². The van der Waals surface area contributed by atoms with Crippen molar-refractivity contribution in [2.75, 3.05) is 39.6 Å². The zero-order chi connectivity index (χ0) is 40.3. The van der Waals surface area contributed by atoms with E-state index in [4.69, 9.17) is 23.7 Å². The van der Waals surface area contributed by atoms with E-state index < -0.39 is 12.2 Å². The largest absolute Gasteiger partial charge is 0.465 e. The first kappa shape index (κ1) is 53.0. The monoisotopic (exact) mass is 783 g/mol. The maximum Gasteiger partial charge on any atom is 0.306 e. The molecule has 0 bridgehead atoms. The van der Waals surface area contributed by atoms with Gasteiger partial charge in [-0.1, -0.05) is 161 Å². The molecular formula is C46H86O9. The molecule has 9 nitrogen and oxygen atoms in total. The van der Waals surface area contributed by atoms with E-state index in [0.29, 0.717) is 39.1 Å². The van der Waals surface area contributed by atoms with Crippen LogP contribution in [0.2, 0.25) is 0 Å². The zero-order valence-electron chi connectivity index (χ0n) is 36.0. The molecule has 0 aliphatic heterocycles. The first-order valence-corrected chi connectivity index (χ1v) is 22.9. The van der Waals surface area contributed by atoms with Crippen LogP contribution in [-0.4, -0.2) is 68.9 Å². The van der Waals surface area contributed by atoms with Crippen LogP contribution < -0.4 is 0 Å². The molecule has 1 atom stereocenters. The molecule has 0 amide bonds. The predicted molar refractivity (Wildman–Crippen MR) is 224 cm³/mol. The van der Waals surface area contributed by atoms with E-state index in [9.17, 15) is 19.5 Å². The van der Waals surface area contributed by atoms with Crippen LogP contribution in [-0.2, 0) is 38.1 Å². The Morgan fingerprint density at radius 3 is 1.35 bits per heavy atom. The third-order valence-electron chi connectivity index (χ3n) is 9.90. The van der Waals surface area contributed by atoms with E-state index >= 15 is 0 Å². The number of unbranched alkanes of at least 4 members (excludes halogenated alkanes) is 22. The maximum absolute atomic E-state index is 12.5. The van der Waals surface area contributed by atoms with E-state index in [0.717, 1.165) is 89.9 Å². The number of rotatable bonds is 43. The molecule has 55 heavy (non-hydrogen) atoms. The highest BCUT2D eigenvalue weighted by atomic mass is 16.7. The maximum atomic E-state index is 12.5. The number of allylic oxidation sites excluding steroid dienone is 1. The van der Waals surface area contributed by atoms with Gasteiger partial charge in [0.15, 0.2) is 6.29 Å². The van der Waals surface area contributed by atoms with Crippen LogP contribution in [0.25, 0.3) is 0 Å². The van der Waals surface area contributed by atoms with Crippen molar-refractivity contribution in [1.82, 2.24) is 0 Å². The highest BCUT2D eigenvalue weighted by Crippen LogP contribution is 2.14. The third kappa shape index (κ3) is 40.0. The molecule has 0 aliphatic rings. The first-order valence-electron chi connectivity index (χ1n) is 22.9. The van der Waals surface area contributed by atoms with E-state index in [1.54, 1.807) is 0 Å². The summed E-state index contributed by atoms with van der Waals surface area (Å²) in [5.41, 5.74) is 0. The molecule has 0 saturated heterocycles. The number of hydrogen-bond donors (Lipinski definition) is 1. The number of aliphatic hydroxyl groups is 1. The summed E-state index contributed by atoms with van der Waals surface area (Å²) in [6.45, 7) is 8.09. The van der Waals surface area contributed by atoms with Gasteiger partial charge in [0.25, 0.3) is 0 Å². The number of esters is 3. The molecule has 1 N–H and O–H groups in total. The SMILES string of the molecule is CCCCCCC=CCOC(=O)CCCCCCCCCCCC(=O)OCC(CO)COC(=O)CCC(OCCCCCCCC)OCCCCCCCC. The lowest BCUT2D eigenvalue weighted by Crippen LogP contribution is -2.25. The molecule has 0 heterocycles. The minimum Gasteiger partial charge on any atom is -0.465 e. The van der Waals surface area contributed by atoms with E-state index in [1.165, 1.54) is 77.0 Å².